The molecule has 8 nitrogen and oxygen atoms in total. The standard InChI is InChI=1S/C21H24ClN3O5S/c1-27-8-7-25-16-6-5-13(22)9-15(16)24-21(25)31-12-19(26)23-14-10-17(28-2)20(30-4)18(11-14)29-3/h5-6,9-11H,7-8,12H2,1-4H3,(H,23,26). The van der Waals surface area contributed by atoms with Gasteiger partial charge in [0, 0.05) is 36.5 Å². The van der Waals surface area contributed by atoms with E-state index in [2.05, 4.69) is 10.3 Å². The lowest BCUT2D eigenvalue weighted by Gasteiger charge is -2.14. The third-order valence-electron chi connectivity index (χ3n) is 4.48. The number of anilines is 1. The minimum absolute atomic E-state index is 0.167. The molecular weight excluding hydrogens is 442 g/mol. The Kier molecular flexibility index (Phi) is 7.89. The van der Waals surface area contributed by atoms with E-state index in [0.29, 0.717) is 46.3 Å². The number of nitrogens with zero attached hydrogens (tertiary/aromatic N) is 2. The van der Waals surface area contributed by atoms with E-state index < -0.39 is 0 Å². The number of ether oxygens (including phenoxy) is 4. The summed E-state index contributed by atoms with van der Waals surface area (Å²) >= 11 is 7.44. The smallest absolute Gasteiger partial charge is 0.234 e. The molecule has 0 aliphatic heterocycles. The molecule has 0 atom stereocenters. The quantitative estimate of drug-likeness (QED) is 0.451. The highest BCUT2D eigenvalue weighted by molar-refractivity contribution is 7.99. The fraction of sp³-hybridized carbons (Fsp3) is 0.333. The number of carbonyl (C=O) groups is 1. The molecule has 31 heavy (non-hydrogen) atoms. The van der Waals surface area contributed by atoms with Crippen LogP contribution in [0.15, 0.2) is 35.5 Å². The lowest BCUT2D eigenvalue weighted by molar-refractivity contribution is -0.113. The maximum absolute atomic E-state index is 12.6. The van der Waals surface area contributed by atoms with Gasteiger partial charge in [-0.2, -0.15) is 0 Å². The van der Waals surface area contributed by atoms with Crippen LogP contribution in [0.4, 0.5) is 5.69 Å². The van der Waals surface area contributed by atoms with Crippen molar-refractivity contribution in [3.63, 3.8) is 0 Å². The van der Waals surface area contributed by atoms with Crippen LogP contribution in [0.1, 0.15) is 0 Å². The van der Waals surface area contributed by atoms with E-state index in [1.807, 2.05) is 16.7 Å². The first-order valence-corrected chi connectivity index (χ1v) is 10.7. The van der Waals surface area contributed by atoms with Crippen LogP contribution < -0.4 is 19.5 Å². The number of nitrogens with one attached hydrogen (secondary N) is 1. The molecule has 3 aromatic rings. The number of carbonyl (C=O) groups excluding carboxylic acids is 1. The monoisotopic (exact) mass is 465 g/mol. The van der Waals surface area contributed by atoms with Crippen molar-refractivity contribution >= 4 is 46.0 Å². The van der Waals surface area contributed by atoms with Gasteiger partial charge in [-0.1, -0.05) is 23.4 Å². The van der Waals surface area contributed by atoms with Crippen LogP contribution in [0.3, 0.4) is 0 Å². The molecule has 0 saturated carbocycles. The number of aromatic nitrogens is 2. The number of methoxy groups -OCH3 is 4. The SMILES string of the molecule is COCCn1c(SCC(=O)Nc2cc(OC)c(OC)c(OC)c2)nc2cc(Cl)ccc21. The number of imidazole rings is 1. The number of halogens is 1. The van der Waals surface area contributed by atoms with Crippen molar-refractivity contribution in [2.45, 2.75) is 11.7 Å². The predicted octanol–water partition coefficient (Wildman–Crippen LogP) is 4.09. The number of thioether (sulfide) groups is 1. The third-order valence-corrected chi connectivity index (χ3v) is 5.69. The summed E-state index contributed by atoms with van der Waals surface area (Å²) in [7, 11) is 6.22. The van der Waals surface area contributed by atoms with Gasteiger partial charge in [-0.3, -0.25) is 4.79 Å². The van der Waals surface area contributed by atoms with Crippen molar-refractivity contribution in [2.75, 3.05) is 46.1 Å². The number of amides is 1. The Morgan fingerprint density at radius 3 is 2.42 bits per heavy atom. The van der Waals surface area contributed by atoms with Crippen LogP contribution in [-0.4, -0.2) is 56.3 Å². The zero-order chi connectivity index (χ0) is 22.4. The van der Waals surface area contributed by atoms with E-state index in [4.69, 9.17) is 30.5 Å². The second-order valence-electron chi connectivity index (χ2n) is 6.42. The van der Waals surface area contributed by atoms with E-state index in [1.165, 1.54) is 33.1 Å². The molecule has 0 saturated heterocycles. The van der Waals surface area contributed by atoms with E-state index in [0.717, 1.165) is 11.0 Å². The molecule has 166 valence electrons. The minimum Gasteiger partial charge on any atom is -0.493 e. The first kappa shape index (κ1) is 23.1. The molecular formula is C21H24ClN3O5S. The van der Waals surface area contributed by atoms with Crippen molar-refractivity contribution in [2.24, 2.45) is 0 Å². The van der Waals surface area contributed by atoms with Gasteiger partial charge in [-0.05, 0) is 18.2 Å². The summed E-state index contributed by atoms with van der Waals surface area (Å²) in [4.78, 5) is 17.2. The highest BCUT2D eigenvalue weighted by Gasteiger charge is 2.16. The Labute approximate surface area is 189 Å². The lowest BCUT2D eigenvalue weighted by Crippen LogP contribution is -2.15. The minimum atomic E-state index is -0.192. The van der Waals surface area contributed by atoms with E-state index in [1.54, 1.807) is 25.3 Å². The lowest BCUT2D eigenvalue weighted by atomic mass is 10.2. The molecule has 1 heterocycles. The maximum atomic E-state index is 12.6. The maximum Gasteiger partial charge on any atom is 0.234 e. The highest BCUT2D eigenvalue weighted by atomic mass is 35.5. The topological polar surface area (TPSA) is 83.8 Å². The zero-order valence-corrected chi connectivity index (χ0v) is 19.3. The summed E-state index contributed by atoms with van der Waals surface area (Å²) in [6, 6.07) is 8.90. The van der Waals surface area contributed by atoms with Crippen molar-refractivity contribution in [1.29, 1.82) is 0 Å². The second-order valence-corrected chi connectivity index (χ2v) is 7.80. The van der Waals surface area contributed by atoms with Gasteiger partial charge in [0.1, 0.15) is 0 Å². The Bertz CT molecular complexity index is 1050. The zero-order valence-electron chi connectivity index (χ0n) is 17.7. The largest absolute Gasteiger partial charge is 0.493 e. The summed E-state index contributed by atoms with van der Waals surface area (Å²) in [5, 5.41) is 4.19. The van der Waals surface area contributed by atoms with Crippen LogP contribution in [0.25, 0.3) is 11.0 Å². The summed E-state index contributed by atoms with van der Waals surface area (Å²) in [5.74, 6) is 1.36. The van der Waals surface area contributed by atoms with Crippen LogP contribution >= 0.6 is 23.4 Å². The molecule has 1 amide bonds. The van der Waals surface area contributed by atoms with Crippen molar-refractivity contribution < 1.29 is 23.7 Å². The van der Waals surface area contributed by atoms with Gasteiger partial charge in [-0.15, -0.1) is 0 Å². The molecule has 0 aliphatic carbocycles. The summed E-state index contributed by atoms with van der Waals surface area (Å²) < 4.78 is 23.2. The summed E-state index contributed by atoms with van der Waals surface area (Å²) in [5.41, 5.74) is 2.25. The van der Waals surface area contributed by atoms with E-state index in [9.17, 15) is 4.79 Å². The fourth-order valence-electron chi connectivity index (χ4n) is 3.07. The van der Waals surface area contributed by atoms with Gasteiger partial charge >= 0.3 is 0 Å². The van der Waals surface area contributed by atoms with Crippen LogP contribution in [0.2, 0.25) is 5.02 Å². The Morgan fingerprint density at radius 1 is 1.10 bits per heavy atom. The number of rotatable bonds is 10. The van der Waals surface area contributed by atoms with Crippen LogP contribution in [-0.2, 0) is 16.1 Å². The Morgan fingerprint density at radius 2 is 1.81 bits per heavy atom. The van der Waals surface area contributed by atoms with Gasteiger partial charge in [0.15, 0.2) is 16.7 Å². The number of hydrogen-bond acceptors (Lipinski definition) is 7. The fourth-order valence-corrected chi connectivity index (χ4v) is 4.08. The third kappa shape index (κ3) is 5.36. The van der Waals surface area contributed by atoms with E-state index >= 15 is 0 Å². The van der Waals surface area contributed by atoms with Crippen molar-refractivity contribution in [3.8, 4) is 17.2 Å². The predicted molar refractivity (Wildman–Crippen MR) is 122 cm³/mol. The van der Waals surface area contributed by atoms with Crippen LogP contribution in [0, 0.1) is 0 Å². The molecule has 0 unspecified atom stereocenters. The van der Waals surface area contributed by atoms with Crippen molar-refractivity contribution in [1.82, 2.24) is 9.55 Å². The Balaban J connectivity index is 1.76. The molecule has 0 radical (unpaired) electrons. The molecule has 10 heteroatoms. The van der Waals surface area contributed by atoms with Crippen molar-refractivity contribution in [3.05, 3.63) is 35.4 Å². The molecule has 1 N–H and O–H groups in total. The molecule has 3 rings (SSSR count). The molecule has 0 spiro atoms. The average molecular weight is 466 g/mol. The molecule has 0 bridgehead atoms. The molecule has 0 aliphatic rings. The summed E-state index contributed by atoms with van der Waals surface area (Å²) in [6.45, 7) is 1.14. The number of fused-ring (bicyclic) bond motifs is 1. The van der Waals surface area contributed by atoms with Gasteiger partial charge in [-0.25, -0.2) is 4.98 Å². The Hall–Kier alpha value is -2.62. The van der Waals surface area contributed by atoms with Gasteiger partial charge in [0.25, 0.3) is 0 Å². The van der Waals surface area contributed by atoms with Crippen LogP contribution in [0.5, 0.6) is 17.2 Å². The van der Waals surface area contributed by atoms with Gasteiger partial charge < -0.3 is 28.8 Å². The average Bonchev–Trinajstić information content (AvgIpc) is 3.11. The first-order chi connectivity index (χ1) is 15.0. The number of benzene rings is 2. The normalized spacial score (nSPS) is 10.9. The molecule has 0 fully saturated rings. The van der Waals surface area contributed by atoms with Gasteiger partial charge in [0.2, 0.25) is 11.7 Å². The highest BCUT2D eigenvalue weighted by Crippen LogP contribution is 2.40. The second kappa shape index (κ2) is 10.6. The number of hydrogen-bond donors (Lipinski definition) is 1. The molecule has 2 aromatic carbocycles. The first-order valence-electron chi connectivity index (χ1n) is 9.38. The summed E-state index contributed by atoms with van der Waals surface area (Å²) in [6.07, 6.45) is 0. The molecule has 1 aromatic heterocycles. The van der Waals surface area contributed by atoms with Gasteiger partial charge in [0.05, 0.1) is 44.7 Å². The van der Waals surface area contributed by atoms with E-state index in [-0.39, 0.29) is 11.7 Å².